The molecule has 2 rings (SSSR count). The highest BCUT2D eigenvalue weighted by Crippen LogP contribution is 2.32. The van der Waals surface area contributed by atoms with Gasteiger partial charge in [0.25, 0.3) is 0 Å². The van der Waals surface area contributed by atoms with Crippen molar-refractivity contribution in [3.05, 3.63) is 35.9 Å². The third-order valence-corrected chi connectivity index (χ3v) is 3.42. The molecule has 1 aromatic heterocycles. The zero-order chi connectivity index (χ0) is 13.3. The predicted molar refractivity (Wildman–Crippen MR) is 78.4 cm³/mol. The SMILES string of the molecule is CC(C)(C)Sc1cc(C(=N)N)c2ccccc2n1. The maximum absolute atomic E-state index is 7.69. The van der Waals surface area contributed by atoms with E-state index in [4.69, 9.17) is 11.1 Å². The van der Waals surface area contributed by atoms with Gasteiger partial charge in [0.2, 0.25) is 0 Å². The zero-order valence-electron chi connectivity index (χ0n) is 10.8. The third kappa shape index (κ3) is 2.82. The maximum Gasteiger partial charge on any atom is 0.123 e. The molecule has 1 heterocycles. The number of hydrogen-bond acceptors (Lipinski definition) is 3. The number of rotatable bonds is 2. The molecule has 0 aliphatic rings. The van der Waals surface area contributed by atoms with Crippen LogP contribution in [0.3, 0.4) is 0 Å². The lowest BCUT2D eigenvalue weighted by atomic mass is 10.1. The van der Waals surface area contributed by atoms with Gasteiger partial charge in [-0.2, -0.15) is 0 Å². The van der Waals surface area contributed by atoms with Crippen molar-refractivity contribution >= 4 is 28.5 Å². The normalized spacial score (nSPS) is 11.7. The quantitative estimate of drug-likeness (QED) is 0.493. The van der Waals surface area contributed by atoms with E-state index in [1.165, 1.54) is 0 Å². The molecular formula is C14H17N3S. The monoisotopic (exact) mass is 259 g/mol. The summed E-state index contributed by atoms with van der Waals surface area (Å²) in [6.07, 6.45) is 0. The first-order valence-electron chi connectivity index (χ1n) is 5.80. The number of nitrogens with one attached hydrogen (secondary N) is 1. The number of aromatic nitrogens is 1. The van der Waals surface area contributed by atoms with Crippen LogP contribution in [0.2, 0.25) is 0 Å². The smallest absolute Gasteiger partial charge is 0.123 e. The molecule has 0 saturated heterocycles. The number of nitrogens with zero attached hydrogens (tertiary/aromatic N) is 1. The Labute approximate surface area is 111 Å². The Morgan fingerprint density at radius 3 is 2.56 bits per heavy atom. The molecule has 0 radical (unpaired) electrons. The molecule has 0 saturated carbocycles. The molecular weight excluding hydrogens is 242 g/mol. The summed E-state index contributed by atoms with van der Waals surface area (Å²) in [6.45, 7) is 6.42. The fourth-order valence-corrected chi connectivity index (χ4v) is 2.69. The maximum atomic E-state index is 7.69. The van der Waals surface area contributed by atoms with E-state index in [0.717, 1.165) is 21.5 Å². The minimum absolute atomic E-state index is 0.0868. The van der Waals surface area contributed by atoms with Crippen molar-refractivity contribution in [2.24, 2.45) is 5.73 Å². The van der Waals surface area contributed by atoms with Gasteiger partial charge in [-0.25, -0.2) is 4.98 Å². The number of hydrogen-bond donors (Lipinski definition) is 2. The Balaban J connectivity index is 2.61. The van der Waals surface area contributed by atoms with E-state index < -0.39 is 0 Å². The molecule has 0 atom stereocenters. The Kier molecular flexibility index (Phi) is 3.30. The highest BCUT2D eigenvalue weighted by Gasteiger charge is 2.15. The first-order chi connectivity index (χ1) is 8.37. The first kappa shape index (κ1) is 12.9. The molecule has 4 heteroatoms. The number of fused-ring (bicyclic) bond motifs is 1. The van der Waals surface area contributed by atoms with E-state index in [-0.39, 0.29) is 10.6 Å². The molecule has 3 nitrogen and oxygen atoms in total. The van der Waals surface area contributed by atoms with Gasteiger partial charge in [-0.3, -0.25) is 5.41 Å². The van der Waals surface area contributed by atoms with Crippen LogP contribution in [0.25, 0.3) is 10.9 Å². The van der Waals surface area contributed by atoms with Crippen LogP contribution in [0.15, 0.2) is 35.4 Å². The molecule has 94 valence electrons. The number of benzene rings is 1. The van der Waals surface area contributed by atoms with Crippen LogP contribution in [0, 0.1) is 5.41 Å². The van der Waals surface area contributed by atoms with E-state index in [0.29, 0.717) is 0 Å². The average Bonchev–Trinajstić information content (AvgIpc) is 2.25. The number of pyridine rings is 1. The minimum atomic E-state index is 0.0868. The Bertz CT molecular complexity index is 600. The van der Waals surface area contributed by atoms with Gasteiger partial charge in [-0.1, -0.05) is 39.0 Å². The van der Waals surface area contributed by atoms with Crippen LogP contribution in [-0.2, 0) is 0 Å². The molecule has 3 N–H and O–H groups in total. The number of nitrogens with two attached hydrogens (primary N) is 1. The lowest BCUT2D eigenvalue weighted by Crippen LogP contribution is -2.13. The number of thioether (sulfide) groups is 1. The van der Waals surface area contributed by atoms with Crippen LogP contribution in [0.4, 0.5) is 0 Å². The van der Waals surface area contributed by atoms with Gasteiger partial charge in [0.05, 0.1) is 10.5 Å². The second-order valence-corrected chi connectivity index (χ2v) is 7.00. The molecule has 0 fully saturated rings. The lowest BCUT2D eigenvalue weighted by molar-refractivity contribution is 0.800. The van der Waals surface area contributed by atoms with Crippen molar-refractivity contribution in [1.29, 1.82) is 5.41 Å². The second-order valence-electron chi connectivity index (χ2n) is 5.15. The fraction of sp³-hybridized carbons (Fsp3) is 0.286. The van der Waals surface area contributed by atoms with E-state index in [9.17, 15) is 0 Å². The van der Waals surface area contributed by atoms with Crippen LogP contribution in [-0.4, -0.2) is 15.6 Å². The fourth-order valence-electron chi connectivity index (χ4n) is 1.74. The summed E-state index contributed by atoms with van der Waals surface area (Å²) in [5.74, 6) is 0.0874. The molecule has 0 aliphatic heterocycles. The second kappa shape index (κ2) is 4.61. The van der Waals surface area contributed by atoms with Gasteiger partial charge in [0.1, 0.15) is 5.84 Å². The van der Waals surface area contributed by atoms with Gasteiger partial charge < -0.3 is 5.73 Å². The van der Waals surface area contributed by atoms with Crippen LogP contribution < -0.4 is 5.73 Å². The Hall–Kier alpha value is -1.55. The lowest BCUT2D eigenvalue weighted by Gasteiger charge is -2.17. The highest BCUT2D eigenvalue weighted by atomic mass is 32.2. The number of para-hydroxylation sites is 1. The third-order valence-electron chi connectivity index (χ3n) is 2.39. The van der Waals surface area contributed by atoms with Gasteiger partial charge in [0.15, 0.2) is 0 Å². The van der Waals surface area contributed by atoms with Crippen molar-refractivity contribution < 1.29 is 0 Å². The number of nitrogen functional groups attached to an aromatic ring is 1. The molecule has 0 bridgehead atoms. The Morgan fingerprint density at radius 1 is 1.28 bits per heavy atom. The largest absolute Gasteiger partial charge is 0.384 e. The van der Waals surface area contributed by atoms with Crippen molar-refractivity contribution in [1.82, 2.24) is 4.98 Å². The van der Waals surface area contributed by atoms with E-state index in [1.807, 2.05) is 30.3 Å². The molecule has 0 unspecified atom stereocenters. The average molecular weight is 259 g/mol. The van der Waals surface area contributed by atoms with Crippen LogP contribution in [0.1, 0.15) is 26.3 Å². The van der Waals surface area contributed by atoms with Crippen molar-refractivity contribution in [2.45, 2.75) is 30.5 Å². The first-order valence-corrected chi connectivity index (χ1v) is 6.62. The van der Waals surface area contributed by atoms with Crippen molar-refractivity contribution in [3.8, 4) is 0 Å². The Morgan fingerprint density at radius 2 is 1.94 bits per heavy atom. The van der Waals surface area contributed by atoms with Crippen molar-refractivity contribution in [3.63, 3.8) is 0 Å². The summed E-state index contributed by atoms with van der Waals surface area (Å²) in [6, 6.07) is 9.69. The molecule has 0 amide bonds. The molecule has 2 aromatic rings. The molecule has 0 spiro atoms. The summed E-state index contributed by atoms with van der Waals surface area (Å²) < 4.78 is 0.0868. The van der Waals surface area contributed by atoms with E-state index in [2.05, 4.69) is 25.8 Å². The zero-order valence-corrected chi connectivity index (χ0v) is 11.6. The minimum Gasteiger partial charge on any atom is -0.384 e. The van der Waals surface area contributed by atoms with Gasteiger partial charge in [0, 0.05) is 15.7 Å². The summed E-state index contributed by atoms with van der Waals surface area (Å²) in [4.78, 5) is 4.61. The molecule has 18 heavy (non-hydrogen) atoms. The van der Waals surface area contributed by atoms with Crippen LogP contribution in [0.5, 0.6) is 0 Å². The van der Waals surface area contributed by atoms with Gasteiger partial charge >= 0.3 is 0 Å². The predicted octanol–water partition coefficient (Wildman–Crippen LogP) is 3.41. The summed E-state index contributed by atoms with van der Waals surface area (Å²) in [5, 5.41) is 9.53. The highest BCUT2D eigenvalue weighted by molar-refractivity contribution is 8.00. The van der Waals surface area contributed by atoms with Gasteiger partial charge in [-0.05, 0) is 12.1 Å². The molecule has 0 aliphatic carbocycles. The van der Waals surface area contributed by atoms with Gasteiger partial charge in [-0.15, -0.1) is 11.8 Å². The molecule has 1 aromatic carbocycles. The topological polar surface area (TPSA) is 62.8 Å². The summed E-state index contributed by atoms with van der Waals surface area (Å²) >= 11 is 1.68. The van der Waals surface area contributed by atoms with E-state index in [1.54, 1.807) is 11.8 Å². The van der Waals surface area contributed by atoms with Crippen molar-refractivity contribution in [2.75, 3.05) is 0 Å². The van der Waals surface area contributed by atoms with Crippen LogP contribution >= 0.6 is 11.8 Å². The number of amidine groups is 1. The summed E-state index contributed by atoms with van der Waals surface area (Å²) in [5.41, 5.74) is 7.30. The standard InChI is InChI=1S/C14H17N3S/c1-14(2,3)18-12-8-10(13(15)16)9-6-4-5-7-11(9)17-12/h4-8H,1-3H3,(H3,15,16). The van der Waals surface area contributed by atoms with E-state index >= 15 is 0 Å². The summed E-state index contributed by atoms with van der Waals surface area (Å²) in [7, 11) is 0.